The molecular weight excluding hydrogens is 444 g/mol. The Morgan fingerprint density at radius 2 is 1.12 bits per heavy atom. The van der Waals surface area contributed by atoms with Crippen molar-refractivity contribution in [1.29, 1.82) is 0 Å². The molecule has 33 heavy (non-hydrogen) atoms. The third-order valence-corrected chi connectivity index (χ3v) is 7.67. The largest absolute Gasteiger partial charge is 0.506 e. The lowest BCUT2D eigenvalue weighted by Gasteiger charge is -2.36. The molecule has 0 amide bonds. The predicted octanol–water partition coefficient (Wildman–Crippen LogP) is 5.58. The maximum atomic E-state index is 11.4. The molecule has 0 N–H and O–H groups in total. The standard InChI is InChI=1S/C24H48O8Si/c1-8-12-16-26-21(5)30-33(20-15-19-29-24(25)11-4,31-22(6)27-17-13-9-2)32-23(7)28-18-14-10-3/h11,21-23H,4,8-10,12-20H2,1-3,5-7H3. The Kier molecular flexibility index (Phi) is 20.0. The Morgan fingerprint density at radius 3 is 1.45 bits per heavy atom. The summed E-state index contributed by atoms with van der Waals surface area (Å²) in [5.74, 6) is -0.464. The van der Waals surface area contributed by atoms with Gasteiger partial charge in [-0.15, -0.1) is 0 Å². The first kappa shape index (κ1) is 32.2. The highest BCUT2D eigenvalue weighted by Crippen LogP contribution is 2.25. The van der Waals surface area contributed by atoms with Crippen molar-refractivity contribution in [2.24, 2.45) is 0 Å². The van der Waals surface area contributed by atoms with Crippen molar-refractivity contribution in [3.8, 4) is 0 Å². The van der Waals surface area contributed by atoms with E-state index in [0.717, 1.165) is 44.6 Å². The molecular formula is C24H48O8Si. The quantitative estimate of drug-likeness (QED) is 0.0601. The Balaban J connectivity index is 5.41. The zero-order valence-electron chi connectivity index (χ0n) is 21.8. The minimum absolute atomic E-state index is 0.205. The van der Waals surface area contributed by atoms with Gasteiger partial charge in [0.15, 0.2) is 0 Å². The van der Waals surface area contributed by atoms with E-state index < -0.39 is 33.6 Å². The van der Waals surface area contributed by atoms with E-state index >= 15 is 0 Å². The lowest BCUT2D eigenvalue weighted by Crippen LogP contribution is -2.53. The molecule has 3 unspecified atom stereocenters. The highest BCUT2D eigenvalue weighted by molar-refractivity contribution is 6.60. The van der Waals surface area contributed by atoms with Gasteiger partial charge in [-0.2, -0.15) is 0 Å². The second kappa shape index (κ2) is 20.6. The fourth-order valence-corrected chi connectivity index (χ4v) is 5.64. The number of esters is 1. The molecule has 0 aromatic heterocycles. The smallest absolute Gasteiger partial charge is 0.463 e. The first-order chi connectivity index (χ1) is 15.8. The van der Waals surface area contributed by atoms with Crippen molar-refractivity contribution in [3.05, 3.63) is 12.7 Å². The summed E-state index contributed by atoms with van der Waals surface area (Å²) in [6.07, 6.45) is 5.98. The minimum Gasteiger partial charge on any atom is -0.463 e. The molecule has 0 rings (SSSR count). The van der Waals surface area contributed by atoms with Gasteiger partial charge in [-0.3, -0.25) is 0 Å². The molecule has 0 aliphatic heterocycles. The van der Waals surface area contributed by atoms with Gasteiger partial charge >= 0.3 is 14.8 Å². The Bertz CT molecular complexity index is 446. The highest BCUT2D eigenvalue weighted by atomic mass is 28.4. The molecule has 0 aliphatic rings. The maximum Gasteiger partial charge on any atom is 0.506 e. The number of carbonyl (C=O) groups excluding carboxylic acids is 1. The van der Waals surface area contributed by atoms with Gasteiger partial charge in [0.1, 0.15) is 18.9 Å². The average Bonchev–Trinajstić information content (AvgIpc) is 2.77. The van der Waals surface area contributed by atoms with Crippen LogP contribution in [0, 0.1) is 0 Å². The van der Waals surface area contributed by atoms with E-state index in [4.69, 9.17) is 32.2 Å². The van der Waals surface area contributed by atoms with Crippen molar-refractivity contribution < 1.29 is 37.0 Å². The molecule has 0 heterocycles. The molecule has 8 nitrogen and oxygen atoms in total. The van der Waals surface area contributed by atoms with Crippen LogP contribution in [-0.2, 0) is 37.0 Å². The van der Waals surface area contributed by atoms with Gasteiger partial charge in [0.2, 0.25) is 0 Å². The molecule has 196 valence electrons. The van der Waals surface area contributed by atoms with Gasteiger partial charge in [-0.05, 0) is 46.5 Å². The second-order valence-electron chi connectivity index (χ2n) is 7.89. The Labute approximate surface area is 202 Å². The molecule has 0 spiro atoms. The zero-order valence-corrected chi connectivity index (χ0v) is 22.8. The van der Waals surface area contributed by atoms with Crippen molar-refractivity contribution in [2.45, 2.75) is 111 Å². The first-order valence-corrected chi connectivity index (χ1v) is 14.4. The summed E-state index contributed by atoms with van der Waals surface area (Å²) >= 11 is 0. The number of ether oxygens (including phenoxy) is 4. The minimum atomic E-state index is -3.34. The van der Waals surface area contributed by atoms with E-state index in [9.17, 15) is 4.79 Å². The summed E-state index contributed by atoms with van der Waals surface area (Å²) in [6, 6.07) is 0.419. The van der Waals surface area contributed by atoms with Crippen LogP contribution in [0.25, 0.3) is 0 Å². The van der Waals surface area contributed by atoms with Gasteiger partial charge in [-0.25, -0.2) is 4.79 Å². The van der Waals surface area contributed by atoms with Crippen LogP contribution >= 0.6 is 0 Å². The third kappa shape index (κ3) is 17.3. The summed E-state index contributed by atoms with van der Waals surface area (Å²) in [6.45, 7) is 17.2. The molecule has 0 saturated heterocycles. The van der Waals surface area contributed by atoms with Crippen LogP contribution in [0.3, 0.4) is 0 Å². The topological polar surface area (TPSA) is 81.7 Å². The van der Waals surface area contributed by atoms with Gasteiger partial charge in [0, 0.05) is 31.9 Å². The van der Waals surface area contributed by atoms with E-state index in [1.54, 1.807) is 0 Å². The van der Waals surface area contributed by atoms with Crippen LogP contribution in [0.15, 0.2) is 12.7 Å². The van der Waals surface area contributed by atoms with E-state index in [1.807, 2.05) is 20.8 Å². The molecule has 0 bridgehead atoms. The first-order valence-electron chi connectivity index (χ1n) is 12.5. The van der Waals surface area contributed by atoms with Crippen LogP contribution in [0.5, 0.6) is 0 Å². The van der Waals surface area contributed by atoms with E-state index in [2.05, 4.69) is 27.4 Å². The molecule has 0 aromatic rings. The Morgan fingerprint density at radius 1 is 0.727 bits per heavy atom. The second-order valence-corrected chi connectivity index (χ2v) is 10.5. The molecule has 0 saturated carbocycles. The van der Waals surface area contributed by atoms with Crippen LogP contribution < -0.4 is 0 Å². The van der Waals surface area contributed by atoms with Gasteiger partial charge in [0.05, 0.1) is 6.61 Å². The summed E-state index contributed by atoms with van der Waals surface area (Å²) in [5, 5.41) is 0. The van der Waals surface area contributed by atoms with Gasteiger partial charge in [-0.1, -0.05) is 46.6 Å². The van der Waals surface area contributed by atoms with E-state index in [1.165, 1.54) is 0 Å². The van der Waals surface area contributed by atoms with E-state index in [-0.39, 0.29) is 6.61 Å². The molecule has 0 aromatic carbocycles. The SMILES string of the molecule is C=CC(=O)OCCC[Si](OC(C)OCCCC)(OC(C)OCCCC)OC(C)OCCCC. The number of hydrogen-bond acceptors (Lipinski definition) is 8. The van der Waals surface area contributed by atoms with Crippen molar-refractivity contribution >= 4 is 14.8 Å². The van der Waals surface area contributed by atoms with Gasteiger partial charge in [0.25, 0.3) is 0 Å². The average molecular weight is 493 g/mol. The summed E-state index contributed by atoms with van der Waals surface area (Å²) < 4.78 is 41.6. The molecule has 9 heteroatoms. The normalized spacial score (nSPS) is 16.1. The van der Waals surface area contributed by atoms with Crippen LogP contribution in [0.2, 0.25) is 6.04 Å². The molecule has 3 atom stereocenters. The number of unbranched alkanes of at least 4 members (excludes halogenated alkanes) is 3. The highest BCUT2D eigenvalue weighted by Gasteiger charge is 2.46. The maximum absolute atomic E-state index is 11.4. The van der Waals surface area contributed by atoms with Gasteiger partial charge < -0.3 is 32.2 Å². The van der Waals surface area contributed by atoms with Crippen LogP contribution in [-0.4, -0.2) is 60.1 Å². The molecule has 0 radical (unpaired) electrons. The van der Waals surface area contributed by atoms with Crippen molar-refractivity contribution in [1.82, 2.24) is 0 Å². The van der Waals surface area contributed by atoms with Crippen LogP contribution in [0.4, 0.5) is 0 Å². The molecule has 0 aliphatic carbocycles. The molecule has 0 fully saturated rings. The summed E-state index contributed by atoms with van der Waals surface area (Å²) in [4.78, 5) is 11.4. The van der Waals surface area contributed by atoms with Crippen LogP contribution in [0.1, 0.15) is 86.5 Å². The van der Waals surface area contributed by atoms with Crippen molar-refractivity contribution in [2.75, 3.05) is 26.4 Å². The fourth-order valence-electron chi connectivity index (χ4n) is 2.82. The monoisotopic (exact) mass is 492 g/mol. The van der Waals surface area contributed by atoms with Crippen molar-refractivity contribution in [3.63, 3.8) is 0 Å². The zero-order chi connectivity index (χ0) is 25.0. The lowest BCUT2D eigenvalue weighted by molar-refractivity contribution is -0.179. The number of rotatable bonds is 23. The lowest BCUT2D eigenvalue weighted by atomic mass is 10.4. The number of hydrogen-bond donors (Lipinski definition) is 0. The summed E-state index contributed by atoms with van der Waals surface area (Å²) in [7, 11) is -3.34. The van der Waals surface area contributed by atoms with E-state index in [0.29, 0.717) is 32.3 Å². The fraction of sp³-hybridized carbons (Fsp3) is 0.875. The third-order valence-electron chi connectivity index (χ3n) is 4.63. The Hall–Kier alpha value is -0.813. The number of carbonyl (C=O) groups is 1. The predicted molar refractivity (Wildman–Crippen MR) is 131 cm³/mol. The summed E-state index contributed by atoms with van der Waals surface area (Å²) in [5.41, 5.74) is 0.